The highest BCUT2D eigenvalue weighted by Crippen LogP contribution is 2.35. The Bertz CT molecular complexity index is 502. The van der Waals surface area contributed by atoms with E-state index in [-0.39, 0.29) is 12.0 Å². The van der Waals surface area contributed by atoms with E-state index in [9.17, 15) is 9.59 Å². The number of hydrogen-bond donors (Lipinski definition) is 2. The molecule has 0 atom stereocenters. The van der Waals surface area contributed by atoms with E-state index in [1.165, 1.54) is 26.4 Å². The molecule has 2 N–H and O–H groups in total. The number of nitrogens with one attached hydrogen (secondary N) is 2. The molecule has 1 amide bonds. The summed E-state index contributed by atoms with van der Waals surface area (Å²) in [6.07, 6.45) is 0.148. The SMILES string of the molecule is COc1cc(NC(=O)C(=N)C=O)c(OC)cc1Cl. The Hall–Kier alpha value is -2.08. The van der Waals surface area contributed by atoms with Gasteiger partial charge in [-0.25, -0.2) is 0 Å². The van der Waals surface area contributed by atoms with Gasteiger partial charge in [-0.05, 0) is 0 Å². The first-order valence-corrected chi connectivity index (χ1v) is 5.17. The summed E-state index contributed by atoms with van der Waals surface area (Å²) < 4.78 is 10.0. The monoisotopic (exact) mass is 270 g/mol. The van der Waals surface area contributed by atoms with Crippen molar-refractivity contribution in [2.24, 2.45) is 0 Å². The second-order valence-corrected chi connectivity index (χ2v) is 3.58. The average molecular weight is 271 g/mol. The van der Waals surface area contributed by atoms with Crippen LogP contribution in [0.1, 0.15) is 0 Å². The lowest BCUT2D eigenvalue weighted by Gasteiger charge is -2.12. The quantitative estimate of drug-likeness (QED) is 0.482. The van der Waals surface area contributed by atoms with Crippen molar-refractivity contribution < 1.29 is 19.1 Å². The average Bonchev–Trinajstić information content (AvgIpc) is 2.38. The second kappa shape index (κ2) is 6.02. The Morgan fingerprint density at radius 3 is 2.44 bits per heavy atom. The number of halogens is 1. The van der Waals surface area contributed by atoms with E-state index in [1.54, 1.807) is 0 Å². The van der Waals surface area contributed by atoms with Gasteiger partial charge in [0.25, 0.3) is 5.91 Å². The zero-order chi connectivity index (χ0) is 13.7. The number of benzene rings is 1. The summed E-state index contributed by atoms with van der Waals surface area (Å²) in [5, 5.41) is 9.76. The molecule has 0 heterocycles. The van der Waals surface area contributed by atoms with Crippen LogP contribution in [0.3, 0.4) is 0 Å². The molecule has 96 valence electrons. The molecule has 0 aliphatic rings. The Morgan fingerprint density at radius 2 is 1.94 bits per heavy atom. The van der Waals surface area contributed by atoms with E-state index >= 15 is 0 Å². The predicted octanol–water partition coefficient (Wildman–Crippen LogP) is 1.51. The molecule has 1 aromatic carbocycles. The van der Waals surface area contributed by atoms with E-state index in [0.29, 0.717) is 16.5 Å². The minimum atomic E-state index is -0.840. The smallest absolute Gasteiger partial charge is 0.277 e. The third kappa shape index (κ3) is 2.98. The van der Waals surface area contributed by atoms with Crippen molar-refractivity contribution in [1.82, 2.24) is 0 Å². The summed E-state index contributed by atoms with van der Waals surface area (Å²) >= 11 is 5.89. The minimum Gasteiger partial charge on any atom is -0.495 e. The van der Waals surface area contributed by atoms with Crippen molar-refractivity contribution in [3.8, 4) is 11.5 Å². The molecular weight excluding hydrogens is 260 g/mol. The number of anilines is 1. The fourth-order valence-electron chi connectivity index (χ4n) is 1.20. The van der Waals surface area contributed by atoms with Gasteiger partial charge >= 0.3 is 0 Å². The number of carbonyl (C=O) groups excluding carboxylic acids is 2. The number of ether oxygens (including phenoxy) is 2. The van der Waals surface area contributed by atoms with Gasteiger partial charge in [-0.15, -0.1) is 0 Å². The van der Waals surface area contributed by atoms with Crippen LogP contribution in [-0.4, -0.2) is 32.1 Å². The molecule has 6 nitrogen and oxygen atoms in total. The maximum Gasteiger partial charge on any atom is 0.277 e. The molecule has 1 rings (SSSR count). The van der Waals surface area contributed by atoms with Crippen LogP contribution < -0.4 is 14.8 Å². The van der Waals surface area contributed by atoms with Gasteiger partial charge in [0, 0.05) is 12.1 Å². The number of aldehydes is 1. The van der Waals surface area contributed by atoms with Gasteiger partial charge in [-0.1, -0.05) is 11.6 Å². The number of methoxy groups -OCH3 is 2. The largest absolute Gasteiger partial charge is 0.495 e. The standard InChI is InChI=1S/C11H11ClN2O4/c1-17-9-4-8(10(18-2)3-6(9)12)14-11(16)7(13)5-15/h3-5,13H,1-2H3,(H,14,16). The number of amides is 1. The molecule has 0 fully saturated rings. The van der Waals surface area contributed by atoms with Crippen molar-refractivity contribution in [1.29, 1.82) is 5.41 Å². The second-order valence-electron chi connectivity index (χ2n) is 3.17. The van der Waals surface area contributed by atoms with Gasteiger partial charge < -0.3 is 14.8 Å². The van der Waals surface area contributed by atoms with Crippen molar-refractivity contribution in [3.63, 3.8) is 0 Å². The number of hydrogen-bond acceptors (Lipinski definition) is 5. The van der Waals surface area contributed by atoms with Crippen LogP contribution in [0, 0.1) is 5.41 Å². The van der Waals surface area contributed by atoms with Crippen LogP contribution in [0.15, 0.2) is 12.1 Å². The van der Waals surface area contributed by atoms with E-state index < -0.39 is 11.6 Å². The first-order valence-electron chi connectivity index (χ1n) is 4.80. The molecule has 0 aliphatic carbocycles. The van der Waals surface area contributed by atoms with E-state index in [0.717, 1.165) is 0 Å². The Kier molecular flexibility index (Phi) is 4.67. The van der Waals surface area contributed by atoms with E-state index in [4.69, 9.17) is 26.5 Å². The van der Waals surface area contributed by atoms with Crippen molar-refractivity contribution >= 4 is 35.2 Å². The predicted molar refractivity (Wildman–Crippen MR) is 67.0 cm³/mol. The molecule has 0 spiro atoms. The minimum absolute atomic E-state index is 0.148. The van der Waals surface area contributed by atoms with Crippen molar-refractivity contribution in [3.05, 3.63) is 17.2 Å². The third-order valence-corrected chi connectivity index (χ3v) is 2.38. The molecule has 0 aromatic heterocycles. The molecule has 0 bridgehead atoms. The fraction of sp³-hybridized carbons (Fsp3) is 0.182. The molecule has 7 heteroatoms. The van der Waals surface area contributed by atoms with Crippen LogP contribution in [0.4, 0.5) is 5.69 Å². The van der Waals surface area contributed by atoms with Gasteiger partial charge in [-0.2, -0.15) is 0 Å². The normalized spacial score (nSPS) is 9.50. The molecule has 0 saturated carbocycles. The lowest BCUT2D eigenvalue weighted by Crippen LogP contribution is -2.23. The van der Waals surface area contributed by atoms with Gasteiger partial charge in [0.15, 0.2) is 12.0 Å². The molecule has 1 aromatic rings. The van der Waals surface area contributed by atoms with Gasteiger partial charge in [0.2, 0.25) is 0 Å². The van der Waals surface area contributed by atoms with E-state index in [1.807, 2.05) is 0 Å². The molecule has 18 heavy (non-hydrogen) atoms. The fourth-order valence-corrected chi connectivity index (χ4v) is 1.43. The number of carbonyl (C=O) groups is 2. The summed E-state index contributed by atoms with van der Waals surface area (Å²) in [6.45, 7) is 0. The van der Waals surface area contributed by atoms with E-state index in [2.05, 4.69) is 5.32 Å². The number of rotatable bonds is 5. The summed E-state index contributed by atoms with van der Waals surface area (Å²) in [5.74, 6) is -0.203. The van der Waals surface area contributed by atoms with Crippen LogP contribution in [0.25, 0.3) is 0 Å². The highest BCUT2D eigenvalue weighted by Gasteiger charge is 2.14. The summed E-state index contributed by atoms with van der Waals surface area (Å²) in [6, 6.07) is 2.90. The van der Waals surface area contributed by atoms with Crippen LogP contribution in [0.2, 0.25) is 5.02 Å². The highest BCUT2D eigenvalue weighted by atomic mass is 35.5. The van der Waals surface area contributed by atoms with Crippen LogP contribution >= 0.6 is 11.6 Å². The Balaban J connectivity index is 3.10. The summed E-state index contributed by atoms with van der Waals surface area (Å²) in [5.41, 5.74) is -0.429. The van der Waals surface area contributed by atoms with Gasteiger partial charge in [0.1, 0.15) is 11.5 Å². The summed E-state index contributed by atoms with van der Waals surface area (Å²) in [7, 11) is 2.82. The Labute approximate surface area is 108 Å². The van der Waals surface area contributed by atoms with Gasteiger partial charge in [0.05, 0.1) is 24.9 Å². The summed E-state index contributed by atoms with van der Waals surface area (Å²) in [4.78, 5) is 21.7. The lowest BCUT2D eigenvalue weighted by atomic mass is 10.2. The zero-order valence-corrected chi connectivity index (χ0v) is 10.5. The van der Waals surface area contributed by atoms with Crippen LogP contribution in [0.5, 0.6) is 11.5 Å². The first kappa shape index (κ1) is 14.0. The maximum absolute atomic E-state index is 11.4. The molecule has 0 radical (unpaired) electrons. The highest BCUT2D eigenvalue weighted by molar-refractivity contribution is 6.61. The van der Waals surface area contributed by atoms with Crippen molar-refractivity contribution in [2.45, 2.75) is 0 Å². The molecule has 0 saturated heterocycles. The molecular formula is C11H11ClN2O4. The molecule has 0 aliphatic heterocycles. The van der Waals surface area contributed by atoms with Crippen molar-refractivity contribution in [2.75, 3.05) is 19.5 Å². The first-order chi connectivity index (χ1) is 8.53. The lowest BCUT2D eigenvalue weighted by molar-refractivity contribution is -0.111. The zero-order valence-electron chi connectivity index (χ0n) is 9.74. The third-order valence-electron chi connectivity index (χ3n) is 2.08. The molecule has 0 unspecified atom stereocenters. The van der Waals surface area contributed by atoms with Gasteiger partial charge in [-0.3, -0.25) is 15.0 Å². The maximum atomic E-state index is 11.4. The topological polar surface area (TPSA) is 88.5 Å². The van der Waals surface area contributed by atoms with Crippen LogP contribution in [-0.2, 0) is 9.59 Å². The Morgan fingerprint density at radius 1 is 1.33 bits per heavy atom.